The van der Waals surface area contributed by atoms with E-state index in [0.717, 1.165) is 24.0 Å². The maximum atomic E-state index is 13.1. The fourth-order valence-electron chi connectivity index (χ4n) is 5.03. The Hall–Kier alpha value is -2.12. The molecule has 34 heavy (non-hydrogen) atoms. The summed E-state index contributed by atoms with van der Waals surface area (Å²) in [6.45, 7) is 15.9. The van der Waals surface area contributed by atoms with Gasteiger partial charge in [0, 0.05) is 5.57 Å². The van der Waals surface area contributed by atoms with E-state index in [2.05, 4.69) is 39.2 Å². The Kier molecular flexibility index (Phi) is 9.16. The SMILES string of the molecule is C[SiH](C)OC(C1=C(C(=O)O)CCCC1)(C(Cc1ccccc1)NC(=O)OC(C)(C)C)C(C)(C)C. The Morgan fingerprint density at radius 2 is 1.62 bits per heavy atom. The highest BCUT2D eigenvalue weighted by atomic mass is 28.3. The maximum Gasteiger partial charge on any atom is 0.407 e. The zero-order chi connectivity index (χ0) is 25.7. The normalized spacial score (nSPS) is 17.8. The van der Waals surface area contributed by atoms with Gasteiger partial charge >= 0.3 is 12.1 Å². The predicted molar refractivity (Wildman–Crippen MR) is 139 cm³/mol. The van der Waals surface area contributed by atoms with E-state index in [1.54, 1.807) is 0 Å². The second-order valence-corrected chi connectivity index (χ2v) is 13.8. The molecule has 2 rings (SSSR count). The summed E-state index contributed by atoms with van der Waals surface area (Å²) >= 11 is 0. The summed E-state index contributed by atoms with van der Waals surface area (Å²) in [6, 6.07) is 9.44. The lowest BCUT2D eigenvalue weighted by Crippen LogP contribution is -2.65. The number of carboxylic acids is 1. The van der Waals surface area contributed by atoms with Crippen LogP contribution >= 0.6 is 0 Å². The number of carbonyl (C=O) groups is 2. The minimum atomic E-state index is -1.70. The lowest BCUT2D eigenvalue weighted by Gasteiger charge is -2.53. The van der Waals surface area contributed by atoms with E-state index in [1.807, 2.05) is 51.1 Å². The summed E-state index contributed by atoms with van der Waals surface area (Å²) < 4.78 is 12.6. The van der Waals surface area contributed by atoms with Gasteiger partial charge in [-0.3, -0.25) is 0 Å². The molecule has 0 radical (unpaired) electrons. The molecule has 2 unspecified atom stereocenters. The Bertz CT molecular complexity index is 883. The molecule has 0 saturated heterocycles. The Morgan fingerprint density at radius 3 is 2.12 bits per heavy atom. The molecule has 1 aliphatic carbocycles. The van der Waals surface area contributed by atoms with Crippen LogP contribution in [0, 0.1) is 5.41 Å². The van der Waals surface area contributed by atoms with Gasteiger partial charge in [0.25, 0.3) is 0 Å². The largest absolute Gasteiger partial charge is 0.478 e. The Balaban J connectivity index is 2.77. The van der Waals surface area contributed by atoms with Crippen molar-refractivity contribution in [2.24, 2.45) is 5.41 Å². The van der Waals surface area contributed by atoms with Crippen LogP contribution in [0.3, 0.4) is 0 Å². The fourth-order valence-corrected chi connectivity index (χ4v) is 6.44. The van der Waals surface area contributed by atoms with E-state index in [-0.39, 0.29) is 0 Å². The average Bonchev–Trinajstić information content (AvgIpc) is 2.70. The smallest absolute Gasteiger partial charge is 0.407 e. The predicted octanol–water partition coefficient (Wildman–Crippen LogP) is 5.86. The second-order valence-electron chi connectivity index (χ2n) is 11.5. The first-order chi connectivity index (χ1) is 15.7. The van der Waals surface area contributed by atoms with Crippen LogP contribution in [-0.4, -0.2) is 43.5 Å². The molecule has 1 amide bonds. The van der Waals surface area contributed by atoms with Crippen LogP contribution in [-0.2, 0) is 20.4 Å². The average molecular weight is 490 g/mol. The molecule has 2 N–H and O–H groups in total. The van der Waals surface area contributed by atoms with E-state index in [0.29, 0.717) is 24.8 Å². The van der Waals surface area contributed by atoms with Gasteiger partial charge in [-0.2, -0.15) is 0 Å². The fraction of sp³-hybridized carbons (Fsp3) is 0.630. The van der Waals surface area contributed by atoms with Crippen molar-refractivity contribution < 1.29 is 23.9 Å². The topological polar surface area (TPSA) is 84.9 Å². The van der Waals surface area contributed by atoms with Crippen molar-refractivity contribution in [1.82, 2.24) is 5.32 Å². The molecule has 0 spiro atoms. The molecule has 7 heteroatoms. The second kappa shape index (κ2) is 11.1. The highest BCUT2D eigenvalue weighted by Gasteiger charge is 2.54. The number of amides is 1. The molecule has 0 fully saturated rings. The van der Waals surface area contributed by atoms with Crippen molar-refractivity contribution in [3.63, 3.8) is 0 Å². The number of carboxylic acid groups (broad SMARTS) is 1. The number of rotatable bonds is 8. The molecule has 1 aromatic carbocycles. The van der Waals surface area contributed by atoms with Crippen LogP contribution in [0.15, 0.2) is 41.5 Å². The molecule has 0 heterocycles. The molecule has 2 atom stereocenters. The first-order valence-corrected chi connectivity index (χ1v) is 15.1. The van der Waals surface area contributed by atoms with Crippen LogP contribution in [0.25, 0.3) is 0 Å². The van der Waals surface area contributed by atoms with Crippen LogP contribution in [0.4, 0.5) is 4.79 Å². The lowest BCUT2D eigenvalue weighted by molar-refractivity contribution is -0.133. The molecule has 0 aromatic heterocycles. The van der Waals surface area contributed by atoms with E-state index >= 15 is 0 Å². The molecule has 0 saturated carbocycles. The Morgan fingerprint density at radius 1 is 1.03 bits per heavy atom. The van der Waals surface area contributed by atoms with Crippen molar-refractivity contribution in [2.75, 3.05) is 0 Å². The van der Waals surface area contributed by atoms with Crippen molar-refractivity contribution in [2.45, 2.75) is 104 Å². The summed E-state index contributed by atoms with van der Waals surface area (Å²) in [5.74, 6) is -0.895. The number of alkyl carbamates (subject to hydrolysis) is 1. The molecule has 0 bridgehead atoms. The zero-order valence-electron chi connectivity index (χ0n) is 22.2. The van der Waals surface area contributed by atoms with Crippen LogP contribution in [0.2, 0.25) is 13.1 Å². The quantitative estimate of drug-likeness (QED) is 0.447. The molecular formula is C27H43NO5Si. The van der Waals surface area contributed by atoms with E-state index in [9.17, 15) is 14.7 Å². The monoisotopic (exact) mass is 489 g/mol. The minimum absolute atomic E-state index is 0.430. The molecule has 1 aromatic rings. The minimum Gasteiger partial charge on any atom is -0.478 e. The number of nitrogens with one attached hydrogen (secondary N) is 1. The molecule has 1 aliphatic rings. The van der Waals surface area contributed by atoms with Crippen LogP contribution < -0.4 is 5.32 Å². The van der Waals surface area contributed by atoms with Crippen molar-refractivity contribution in [3.8, 4) is 0 Å². The van der Waals surface area contributed by atoms with Crippen LogP contribution in [0.1, 0.15) is 72.8 Å². The summed E-state index contributed by atoms with van der Waals surface area (Å²) in [7, 11) is -1.70. The summed E-state index contributed by atoms with van der Waals surface area (Å²) in [5.41, 5.74) is 0.146. The van der Waals surface area contributed by atoms with Gasteiger partial charge in [0.1, 0.15) is 11.2 Å². The van der Waals surface area contributed by atoms with E-state index in [1.165, 1.54) is 0 Å². The molecule has 6 nitrogen and oxygen atoms in total. The number of carbonyl (C=O) groups excluding carboxylic acids is 1. The van der Waals surface area contributed by atoms with Gasteiger partial charge in [0.2, 0.25) is 0 Å². The highest BCUT2D eigenvalue weighted by molar-refractivity contribution is 6.48. The number of aliphatic carboxylic acids is 1. The van der Waals surface area contributed by atoms with E-state index in [4.69, 9.17) is 9.16 Å². The number of hydrogen-bond donors (Lipinski definition) is 2. The number of benzene rings is 1. The number of hydrogen-bond acceptors (Lipinski definition) is 4. The van der Waals surface area contributed by atoms with Gasteiger partial charge in [-0.05, 0) is 82.5 Å². The van der Waals surface area contributed by atoms with Gasteiger partial charge in [0.05, 0.1) is 6.04 Å². The van der Waals surface area contributed by atoms with Gasteiger partial charge in [0.15, 0.2) is 9.04 Å². The lowest BCUT2D eigenvalue weighted by atomic mass is 9.63. The molecule has 190 valence electrons. The molecule has 0 aliphatic heterocycles. The third kappa shape index (κ3) is 6.95. The van der Waals surface area contributed by atoms with Crippen molar-refractivity contribution >= 4 is 21.1 Å². The number of ether oxygens (including phenoxy) is 1. The van der Waals surface area contributed by atoms with Crippen LogP contribution in [0.5, 0.6) is 0 Å². The summed E-state index contributed by atoms with van der Waals surface area (Å²) in [6.07, 6.45) is 2.86. The third-order valence-corrected chi connectivity index (χ3v) is 7.02. The summed E-state index contributed by atoms with van der Waals surface area (Å²) in [4.78, 5) is 25.5. The van der Waals surface area contributed by atoms with Crippen molar-refractivity contribution in [3.05, 3.63) is 47.0 Å². The first kappa shape index (κ1) is 28.1. The molecular weight excluding hydrogens is 446 g/mol. The zero-order valence-corrected chi connectivity index (χ0v) is 23.3. The summed E-state index contributed by atoms with van der Waals surface area (Å²) in [5, 5.41) is 13.3. The first-order valence-electron chi connectivity index (χ1n) is 12.3. The van der Waals surface area contributed by atoms with Gasteiger partial charge in [-0.1, -0.05) is 51.1 Å². The Labute approximate surface area is 206 Å². The van der Waals surface area contributed by atoms with Crippen molar-refractivity contribution in [1.29, 1.82) is 0 Å². The third-order valence-electron chi connectivity index (χ3n) is 6.17. The van der Waals surface area contributed by atoms with Gasteiger partial charge < -0.3 is 19.6 Å². The van der Waals surface area contributed by atoms with Gasteiger partial charge in [-0.25, -0.2) is 9.59 Å². The standard InChI is InChI=1S/C27H43NO5Si/c1-25(2,3)27(33-34(7)8,21-17-13-12-16-20(21)23(29)30)22(18-19-14-10-9-11-15-19)28-24(31)32-26(4,5)6/h9-11,14-15,22,34H,12-13,16-18H2,1-8H3,(H,28,31)(H,29,30). The highest BCUT2D eigenvalue weighted by Crippen LogP contribution is 2.49. The van der Waals surface area contributed by atoms with E-state index < -0.39 is 43.8 Å². The maximum absolute atomic E-state index is 13.1. The van der Waals surface area contributed by atoms with Gasteiger partial charge in [-0.15, -0.1) is 0 Å².